The molecule has 3 heterocycles. The highest BCUT2D eigenvalue weighted by Gasteiger charge is 2.43. The lowest BCUT2D eigenvalue weighted by molar-refractivity contribution is 0.196. The first-order chi connectivity index (χ1) is 12.0. The fourth-order valence-corrected chi connectivity index (χ4v) is 3.63. The quantitative estimate of drug-likeness (QED) is 0.564. The summed E-state index contributed by atoms with van der Waals surface area (Å²) in [4.78, 5) is 4.52. The molecule has 8 nitrogen and oxygen atoms in total. The molecule has 1 aromatic carbocycles. The van der Waals surface area contributed by atoms with E-state index >= 15 is 0 Å². The number of fused-ring (bicyclic) bond motifs is 2. The molecule has 4 N–H and O–H groups in total. The van der Waals surface area contributed by atoms with Crippen molar-refractivity contribution in [3.63, 3.8) is 0 Å². The molecule has 0 unspecified atom stereocenters. The fourth-order valence-electron chi connectivity index (χ4n) is 3.63. The minimum Gasteiger partial charge on any atom is -0.328 e. The number of rotatable bonds is 2. The summed E-state index contributed by atoms with van der Waals surface area (Å²) in [6.07, 6.45) is 5.21. The Hall–Kier alpha value is -2.84. The molecule has 1 aliphatic carbocycles. The fraction of sp³-hybridized carbons (Fsp3) is 0.294. The molecular weight excluding hydrogens is 316 g/mol. The Balaban J connectivity index is 1.61. The number of nitrogens with zero attached hydrogens (tertiary/aromatic N) is 6. The molecule has 4 aromatic rings. The smallest absolute Gasteiger partial charge is 0.169 e. The van der Waals surface area contributed by atoms with E-state index in [-0.39, 0.29) is 6.04 Å². The van der Waals surface area contributed by atoms with Crippen molar-refractivity contribution in [1.82, 2.24) is 29.6 Å². The maximum Gasteiger partial charge on any atom is 0.169 e. The van der Waals surface area contributed by atoms with Crippen LogP contribution in [0.1, 0.15) is 18.7 Å². The minimum absolute atomic E-state index is 0.142. The zero-order valence-corrected chi connectivity index (χ0v) is 13.8. The highest BCUT2D eigenvalue weighted by molar-refractivity contribution is 5.87. The van der Waals surface area contributed by atoms with E-state index in [2.05, 4.69) is 26.5 Å². The molecule has 8 heteroatoms. The Morgan fingerprint density at radius 2 is 2.04 bits per heavy atom. The van der Waals surface area contributed by atoms with Gasteiger partial charge >= 0.3 is 0 Å². The van der Waals surface area contributed by atoms with Gasteiger partial charge in [0.15, 0.2) is 5.82 Å². The van der Waals surface area contributed by atoms with Crippen molar-refractivity contribution in [3.05, 3.63) is 42.5 Å². The number of hydrogen-bond acceptors (Lipinski definition) is 6. The van der Waals surface area contributed by atoms with Crippen LogP contribution in [0.5, 0.6) is 0 Å². The van der Waals surface area contributed by atoms with Crippen LogP contribution in [0.25, 0.3) is 27.7 Å². The highest BCUT2D eigenvalue weighted by Crippen LogP contribution is 2.36. The normalized spacial score (nSPS) is 23.2. The van der Waals surface area contributed by atoms with Crippen LogP contribution in [-0.4, -0.2) is 35.6 Å². The van der Waals surface area contributed by atoms with E-state index in [9.17, 15) is 0 Å². The van der Waals surface area contributed by atoms with Crippen LogP contribution < -0.4 is 11.5 Å². The van der Waals surface area contributed by atoms with Crippen molar-refractivity contribution >= 4 is 16.6 Å². The molecule has 0 spiro atoms. The summed E-state index contributed by atoms with van der Waals surface area (Å²) in [7, 11) is 1.89. The molecule has 5 rings (SSSR count). The second-order valence-corrected chi connectivity index (χ2v) is 6.88. The van der Waals surface area contributed by atoms with Crippen LogP contribution >= 0.6 is 0 Å². The minimum atomic E-state index is -0.503. The van der Waals surface area contributed by atoms with Crippen LogP contribution in [0.15, 0.2) is 36.7 Å². The summed E-state index contributed by atoms with van der Waals surface area (Å²) >= 11 is 0. The third-order valence-electron chi connectivity index (χ3n) is 5.04. The molecule has 3 aromatic heterocycles. The molecular formula is C17H18N8. The largest absolute Gasteiger partial charge is 0.328 e. The number of benzene rings is 1. The third kappa shape index (κ3) is 2.08. The summed E-state index contributed by atoms with van der Waals surface area (Å²) in [5.74, 6) is 0.648. The average molecular weight is 334 g/mol. The monoisotopic (exact) mass is 334 g/mol. The van der Waals surface area contributed by atoms with Crippen LogP contribution in [0, 0.1) is 0 Å². The molecule has 0 aliphatic heterocycles. The molecule has 0 radical (unpaired) electrons. The van der Waals surface area contributed by atoms with Gasteiger partial charge in [0, 0.05) is 24.8 Å². The van der Waals surface area contributed by atoms with Gasteiger partial charge in [-0.15, -0.1) is 5.10 Å². The van der Waals surface area contributed by atoms with Crippen molar-refractivity contribution in [2.45, 2.75) is 24.4 Å². The van der Waals surface area contributed by atoms with E-state index in [0.717, 1.165) is 40.5 Å². The summed E-state index contributed by atoms with van der Waals surface area (Å²) in [5, 5.41) is 12.8. The highest BCUT2D eigenvalue weighted by atomic mass is 15.4. The van der Waals surface area contributed by atoms with Gasteiger partial charge < -0.3 is 11.5 Å². The lowest BCUT2D eigenvalue weighted by Crippen LogP contribution is -2.56. The van der Waals surface area contributed by atoms with Gasteiger partial charge in [-0.1, -0.05) is 11.3 Å². The average Bonchev–Trinajstić information content (AvgIpc) is 3.16. The predicted octanol–water partition coefficient (Wildman–Crippen LogP) is 0.953. The van der Waals surface area contributed by atoms with Gasteiger partial charge in [-0.05, 0) is 36.6 Å². The van der Waals surface area contributed by atoms with E-state index in [4.69, 9.17) is 11.5 Å². The summed E-state index contributed by atoms with van der Waals surface area (Å²) in [6, 6.07) is 8.27. The van der Waals surface area contributed by atoms with Crippen LogP contribution in [0.3, 0.4) is 0 Å². The molecule has 0 amide bonds. The van der Waals surface area contributed by atoms with Crippen molar-refractivity contribution in [2.75, 3.05) is 0 Å². The van der Waals surface area contributed by atoms with Crippen molar-refractivity contribution in [1.29, 1.82) is 0 Å². The standard InChI is InChI=1S/C17H18N8/c1-24-14-6-10(2-3-13(14)21-23-24)12-4-5-25-15(12)9-20-16(22-25)17(19)7-11(18)8-17/h2-6,9,11H,7-8,18-19H2,1H3. The van der Waals surface area contributed by atoms with Gasteiger partial charge in [0.25, 0.3) is 0 Å². The lowest BCUT2D eigenvalue weighted by atomic mass is 9.73. The number of hydrogen-bond donors (Lipinski definition) is 2. The lowest BCUT2D eigenvalue weighted by Gasteiger charge is -2.41. The predicted molar refractivity (Wildman–Crippen MR) is 93.6 cm³/mol. The van der Waals surface area contributed by atoms with Crippen molar-refractivity contribution in [3.8, 4) is 11.1 Å². The first kappa shape index (κ1) is 14.5. The van der Waals surface area contributed by atoms with Crippen LogP contribution in [0.4, 0.5) is 0 Å². The van der Waals surface area contributed by atoms with Gasteiger partial charge in [0.05, 0.1) is 22.8 Å². The Morgan fingerprint density at radius 3 is 2.84 bits per heavy atom. The zero-order chi connectivity index (χ0) is 17.2. The van der Waals surface area contributed by atoms with E-state index < -0.39 is 5.54 Å². The summed E-state index contributed by atoms with van der Waals surface area (Å²) < 4.78 is 3.60. The van der Waals surface area contributed by atoms with Gasteiger partial charge in [-0.25, -0.2) is 14.2 Å². The van der Waals surface area contributed by atoms with Crippen molar-refractivity contribution in [2.24, 2.45) is 18.5 Å². The zero-order valence-electron chi connectivity index (χ0n) is 13.8. The summed E-state index contributed by atoms with van der Waals surface area (Å²) in [6.45, 7) is 0. The summed E-state index contributed by atoms with van der Waals surface area (Å²) in [5.41, 5.74) is 16.7. The molecule has 1 aliphatic rings. The first-order valence-electron chi connectivity index (χ1n) is 8.23. The molecule has 0 atom stereocenters. The number of nitrogens with two attached hydrogens (primary N) is 2. The van der Waals surface area contributed by atoms with Gasteiger partial charge in [-0.3, -0.25) is 0 Å². The molecule has 1 saturated carbocycles. The molecule has 0 saturated heterocycles. The van der Waals surface area contributed by atoms with Crippen molar-refractivity contribution < 1.29 is 0 Å². The molecule has 0 bridgehead atoms. The second kappa shape index (κ2) is 4.84. The van der Waals surface area contributed by atoms with E-state index in [1.54, 1.807) is 4.68 Å². The molecule has 126 valence electrons. The second-order valence-electron chi connectivity index (χ2n) is 6.88. The molecule has 25 heavy (non-hydrogen) atoms. The maximum absolute atomic E-state index is 6.36. The molecule has 1 fully saturated rings. The number of aryl methyl sites for hydroxylation is 1. The van der Waals surface area contributed by atoms with Gasteiger partial charge in [0.2, 0.25) is 0 Å². The Morgan fingerprint density at radius 1 is 1.20 bits per heavy atom. The Labute approximate surface area is 143 Å². The van der Waals surface area contributed by atoms with Crippen LogP contribution in [-0.2, 0) is 12.6 Å². The first-order valence-corrected chi connectivity index (χ1v) is 8.23. The maximum atomic E-state index is 6.36. The van der Waals surface area contributed by atoms with E-state index in [0.29, 0.717) is 5.82 Å². The Kier molecular flexibility index (Phi) is 2.81. The topological polar surface area (TPSA) is 113 Å². The van der Waals surface area contributed by atoms with Crippen LogP contribution in [0.2, 0.25) is 0 Å². The Bertz CT molecular complexity index is 1100. The SMILES string of the molecule is Cn1nnc2ccc(-c3ccn4nc(C5(N)CC(N)C5)ncc34)cc21. The van der Waals surface area contributed by atoms with E-state index in [1.165, 1.54) is 0 Å². The van der Waals surface area contributed by atoms with Gasteiger partial charge in [0.1, 0.15) is 5.52 Å². The number of aromatic nitrogens is 6. The third-order valence-corrected chi connectivity index (χ3v) is 5.04. The van der Waals surface area contributed by atoms with E-state index in [1.807, 2.05) is 42.2 Å². The van der Waals surface area contributed by atoms with Gasteiger partial charge in [-0.2, -0.15) is 5.10 Å².